The van der Waals surface area contributed by atoms with Crippen molar-refractivity contribution in [3.8, 4) is 23.7 Å². The van der Waals surface area contributed by atoms with Gasteiger partial charge in [-0.05, 0) is 146 Å². The van der Waals surface area contributed by atoms with Crippen LogP contribution in [0.3, 0.4) is 0 Å². The predicted molar refractivity (Wildman–Crippen MR) is 292 cm³/mol. The largest absolute Gasteiger partial charge is 0.274 e. The number of imide groups is 2. The van der Waals surface area contributed by atoms with Gasteiger partial charge in [-0.3, -0.25) is 29.0 Å². The SMILES string of the molecule is CCCCCCN1C(=O)c2cccc3c(C#Cc4ccc5ccc6ccc7ccc8ccc9c(c8c7c6c5c4)CC(C#Cc4ccc5c6c(cccc46)C(=O)N(CCCCCC)C5=O)CC9)ccc(c23)C1=O. The highest BCUT2D eigenvalue weighted by atomic mass is 16.2. The molecule has 72 heavy (non-hydrogen) atoms. The Balaban J connectivity index is 0.901. The smallest absolute Gasteiger partial charge is 0.261 e. The maximum absolute atomic E-state index is 13.7. The maximum atomic E-state index is 13.7. The van der Waals surface area contributed by atoms with Crippen LogP contribution in [0.5, 0.6) is 0 Å². The Morgan fingerprint density at radius 3 is 1.57 bits per heavy atom. The van der Waals surface area contributed by atoms with E-state index < -0.39 is 0 Å². The molecule has 0 spiro atoms. The van der Waals surface area contributed by atoms with Crippen LogP contribution in [0.15, 0.2) is 127 Å². The quantitative estimate of drug-likeness (QED) is 0.0592. The summed E-state index contributed by atoms with van der Waals surface area (Å²) < 4.78 is 0. The summed E-state index contributed by atoms with van der Waals surface area (Å²) in [5, 5.41) is 12.6. The monoisotopic (exact) mass is 938 g/mol. The van der Waals surface area contributed by atoms with Crippen LogP contribution in [0.25, 0.3) is 64.6 Å². The Kier molecular flexibility index (Phi) is 11.7. The second-order valence-electron chi connectivity index (χ2n) is 20.0. The number of amides is 4. The lowest BCUT2D eigenvalue weighted by Gasteiger charge is -2.27. The molecule has 0 aromatic heterocycles. The molecule has 0 radical (unpaired) electrons. The summed E-state index contributed by atoms with van der Waals surface area (Å²) in [6, 6.07) is 43.5. The van der Waals surface area contributed by atoms with Gasteiger partial charge >= 0.3 is 0 Å². The van der Waals surface area contributed by atoms with Gasteiger partial charge in [0.05, 0.1) is 0 Å². The van der Waals surface area contributed by atoms with E-state index in [0.29, 0.717) is 40.7 Å². The Morgan fingerprint density at radius 1 is 0.458 bits per heavy atom. The summed E-state index contributed by atoms with van der Waals surface area (Å²) in [5.74, 6) is 13.4. The fourth-order valence-corrected chi connectivity index (χ4v) is 11.9. The lowest BCUT2D eigenvalue weighted by molar-refractivity contribution is 0.0592. The van der Waals surface area contributed by atoms with Crippen LogP contribution in [0.2, 0.25) is 0 Å². The highest BCUT2D eigenvalue weighted by Gasteiger charge is 2.34. The summed E-state index contributed by atoms with van der Waals surface area (Å²) in [4.78, 5) is 57.8. The van der Waals surface area contributed by atoms with Crippen LogP contribution in [-0.4, -0.2) is 46.5 Å². The number of rotatable bonds is 10. The minimum atomic E-state index is -0.229. The molecule has 1 unspecified atom stereocenters. The van der Waals surface area contributed by atoms with Crippen molar-refractivity contribution in [3.05, 3.63) is 177 Å². The molecule has 2 aliphatic heterocycles. The number of carbonyl (C=O) groups excluding carboxylic acids is 4. The van der Waals surface area contributed by atoms with Gasteiger partial charge in [-0.25, -0.2) is 0 Å². The maximum Gasteiger partial charge on any atom is 0.261 e. The zero-order chi connectivity index (χ0) is 49.0. The second kappa shape index (κ2) is 18.6. The molecule has 0 bridgehead atoms. The predicted octanol–water partition coefficient (Wildman–Crippen LogP) is 14.5. The first-order valence-corrected chi connectivity index (χ1v) is 26.0. The van der Waals surface area contributed by atoms with Gasteiger partial charge in [0.1, 0.15) is 0 Å². The molecular weight excluding hydrogens is 885 g/mol. The minimum Gasteiger partial charge on any atom is -0.274 e. The van der Waals surface area contributed by atoms with Crippen LogP contribution in [0, 0.1) is 29.6 Å². The Labute approximate surface area is 420 Å². The van der Waals surface area contributed by atoms with Crippen molar-refractivity contribution in [2.24, 2.45) is 5.92 Å². The van der Waals surface area contributed by atoms with Crippen molar-refractivity contribution < 1.29 is 19.2 Å². The summed E-state index contributed by atoms with van der Waals surface area (Å²) in [7, 11) is 0. The van der Waals surface area contributed by atoms with E-state index >= 15 is 0 Å². The fraction of sp³-hybridized carbons (Fsp3) is 0.242. The number of hydrogen-bond acceptors (Lipinski definition) is 4. The van der Waals surface area contributed by atoms with Crippen molar-refractivity contribution in [1.29, 1.82) is 0 Å². The highest BCUT2D eigenvalue weighted by Crippen LogP contribution is 2.42. The van der Waals surface area contributed by atoms with Crippen molar-refractivity contribution in [1.82, 2.24) is 9.80 Å². The molecule has 6 heteroatoms. The molecule has 6 nitrogen and oxygen atoms in total. The summed E-state index contributed by atoms with van der Waals surface area (Å²) >= 11 is 0. The van der Waals surface area contributed by atoms with E-state index in [2.05, 4.69) is 104 Å². The molecule has 0 saturated carbocycles. The number of carbonyl (C=O) groups is 4. The first-order chi connectivity index (χ1) is 35.3. The van der Waals surface area contributed by atoms with Gasteiger partial charge < -0.3 is 0 Å². The molecular formula is C66H54N2O4. The number of fused-ring (bicyclic) bond motifs is 9. The molecule has 12 rings (SSSR count). The van der Waals surface area contributed by atoms with Gasteiger partial charge in [-0.15, -0.1) is 0 Å². The molecule has 1 aliphatic carbocycles. The Morgan fingerprint density at radius 2 is 0.972 bits per heavy atom. The lowest BCUT2D eigenvalue weighted by Crippen LogP contribution is -2.40. The van der Waals surface area contributed by atoms with Gasteiger partial charge in [0.25, 0.3) is 23.6 Å². The van der Waals surface area contributed by atoms with Crippen molar-refractivity contribution >= 4 is 88.3 Å². The van der Waals surface area contributed by atoms with Crippen LogP contribution in [-0.2, 0) is 12.8 Å². The molecule has 4 amide bonds. The van der Waals surface area contributed by atoms with Crippen LogP contribution >= 0.6 is 0 Å². The van der Waals surface area contributed by atoms with Crippen molar-refractivity contribution in [2.45, 2.75) is 84.5 Å². The Bertz CT molecular complexity index is 3900. The van der Waals surface area contributed by atoms with E-state index in [4.69, 9.17) is 0 Å². The average Bonchev–Trinajstić information content (AvgIpc) is 3.41. The van der Waals surface area contributed by atoms with Gasteiger partial charge in [-0.2, -0.15) is 0 Å². The van der Waals surface area contributed by atoms with E-state index in [0.717, 1.165) is 120 Å². The number of hydrogen-bond donors (Lipinski definition) is 0. The van der Waals surface area contributed by atoms with Crippen LogP contribution in [0.4, 0.5) is 0 Å². The summed E-state index contributed by atoms with van der Waals surface area (Å²) in [6.45, 7) is 5.17. The summed E-state index contributed by atoms with van der Waals surface area (Å²) in [5.41, 5.74) is 7.47. The number of aryl methyl sites for hydroxylation is 1. The third-order valence-electron chi connectivity index (χ3n) is 15.6. The van der Waals surface area contributed by atoms with Gasteiger partial charge in [0.15, 0.2) is 0 Å². The summed E-state index contributed by atoms with van der Waals surface area (Å²) in [6.07, 6.45) is 10.6. The fourth-order valence-electron chi connectivity index (χ4n) is 11.9. The third-order valence-corrected chi connectivity index (χ3v) is 15.6. The third kappa shape index (κ3) is 7.60. The number of unbranched alkanes of at least 4 members (excludes halogenated alkanes) is 6. The lowest BCUT2D eigenvalue weighted by atomic mass is 9.79. The molecule has 1 atom stereocenters. The first-order valence-electron chi connectivity index (χ1n) is 26.0. The molecule has 2 heterocycles. The van der Waals surface area contributed by atoms with Crippen LogP contribution < -0.4 is 0 Å². The normalized spacial score (nSPS) is 15.2. The van der Waals surface area contributed by atoms with E-state index in [1.165, 1.54) is 47.9 Å². The van der Waals surface area contributed by atoms with E-state index in [9.17, 15) is 19.2 Å². The van der Waals surface area contributed by atoms with Gasteiger partial charge in [0.2, 0.25) is 0 Å². The molecule has 3 aliphatic rings. The number of benzene rings is 9. The molecule has 9 aromatic rings. The molecule has 9 aromatic carbocycles. The number of nitrogens with zero attached hydrogens (tertiary/aromatic N) is 2. The molecule has 0 fully saturated rings. The molecule has 0 N–H and O–H groups in total. The minimum absolute atomic E-state index is 0.112. The van der Waals surface area contributed by atoms with Gasteiger partial charge in [-0.1, -0.05) is 155 Å². The highest BCUT2D eigenvalue weighted by molar-refractivity contribution is 6.29. The zero-order valence-corrected chi connectivity index (χ0v) is 40.9. The zero-order valence-electron chi connectivity index (χ0n) is 40.9. The van der Waals surface area contributed by atoms with E-state index in [-0.39, 0.29) is 29.5 Å². The first kappa shape index (κ1) is 45.1. The average molecular weight is 939 g/mol. The topological polar surface area (TPSA) is 74.8 Å². The van der Waals surface area contributed by atoms with E-state index in [1.807, 2.05) is 60.7 Å². The van der Waals surface area contributed by atoms with Crippen molar-refractivity contribution in [2.75, 3.05) is 13.1 Å². The molecule has 352 valence electrons. The standard InChI is InChI=1S/C66H54N2O4/c1-3-5-7-9-37-67-63(69)52-15-11-13-50-43(33-35-54(61(50)52)65(67)71)21-17-41-19-23-45-25-27-47-29-31-49-32-30-48-28-26-46-24-20-42(40-57(46)59(48)60(49)58(47)56(45)39-41)18-22-44-34-36-55-62-51(44)14-12-16-53(62)64(70)68(66(55)72)38-10-8-6-4-2/h11-16,19,23,25-36,39,42H,3-10,20,24,37-38,40H2,1-2H3. The van der Waals surface area contributed by atoms with Crippen LogP contribution in [0.1, 0.15) is 141 Å². The van der Waals surface area contributed by atoms with Gasteiger partial charge in [0, 0.05) is 68.7 Å². The molecule has 0 saturated heterocycles. The second-order valence-corrected chi connectivity index (χ2v) is 20.0. The van der Waals surface area contributed by atoms with E-state index in [1.54, 1.807) is 0 Å². The Hall–Kier alpha value is -8.06. The van der Waals surface area contributed by atoms with Crippen molar-refractivity contribution in [3.63, 3.8) is 0 Å².